The zero-order valence-electron chi connectivity index (χ0n) is 24.1. The second-order valence-corrected chi connectivity index (χ2v) is 12.2. The average molecular weight is 622 g/mol. The number of aliphatic hydroxyl groups is 4. The van der Waals surface area contributed by atoms with Crippen LogP contribution in [0.3, 0.4) is 0 Å². The van der Waals surface area contributed by atoms with Crippen LogP contribution in [0.25, 0.3) is 0 Å². The van der Waals surface area contributed by atoms with Crippen molar-refractivity contribution in [3.05, 3.63) is 47.0 Å². The number of amides is 1. The molecule has 1 saturated carbocycles. The summed E-state index contributed by atoms with van der Waals surface area (Å²) < 4.78 is 20.7. The molecule has 2 saturated heterocycles. The average Bonchev–Trinajstić information content (AvgIpc) is 3.82. The largest absolute Gasteiger partial charge is 0.493 e. The second-order valence-electron chi connectivity index (χ2n) is 11.8. The molecule has 1 amide bonds. The minimum Gasteiger partial charge on any atom is -0.493 e. The Morgan fingerprint density at radius 1 is 1.07 bits per heavy atom. The molecule has 0 spiro atoms. The first kappa shape index (κ1) is 31.8. The summed E-state index contributed by atoms with van der Waals surface area (Å²) in [6.07, 6.45) is 3.87. The van der Waals surface area contributed by atoms with Gasteiger partial charge in [0.1, 0.15) is 23.8 Å². The highest BCUT2D eigenvalue weighted by molar-refractivity contribution is 6.30. The monoisotopic (exact) mass is 621 g/mol. The Hall–Kier alpha value is -2.61. The number of piperazine rings is 1. The lowest BCUT2D eigenvalue weighted by atomic mass is 9.92. The van der Waals surface area contributed by atoms with Gasteiger partial charge in [0, 0.05) is 50.9 Å². The number of carbonyl (C=O) groups excluding carboxylic acids is 1. The fourth-order valence-electron chi connectivity index (χ4n) is 6.19. The summed E-state index contributed by atoms with van der Waals surface area (Å²) >= 11 is 5.88. The fraction of sp³-hybridized carbons (Fsp3) is 0.633. The minimum atomic E-state index is -1.45. The van der Waals surface area contributed by atoms with Gasteiger partial charge in [0.2, 0.25) is 11.9 Å². The van der Waals surface area contributed by atoms with E-state index in [0.717, 1.165) is 45.2 Å². The maximum Gasteiger partial charge on any atom is 0.227 e. The number of aliphatic hydroxyl groups excluding tert-OH is 4. The van der Waals surface area contributed by atoms with Crippen LogP contribution in [0.4, 0.5) is 10.3 Å². The molecule has 1 aliphatic carbocycles. The summed E-state index contributed by atoms with van der Waals surface area (Å²) in [6, 6.07) is 4.70. The van der Waals surface area contributed by atoms with Crippen LogP contribution >= 0.6 is 11.6 Å². The number of piperidine rings is 1. The van der Waals surface area contributed by atoms with Gasteiger partial charge in [-0.3, -0.25) is 9.69 Å². The van der Waals surface area contributed by atoms with E-state index in [1.807, 2.05) is 4.90 Å². The summed E-state index contributed by atoms with van der Waals surface area (Å²) in [4.78, 5) is 27.6. The minimum absolute atomic E-state index is 0.0166. The number of halogens is 2. The predicted octanol–water partition coefficient (Wildman–Crippen LogP) is 1.25. The zero-order chi connectivity index (χ0) is 30.5. The molecule has 0 radical (unpaired) electrons. The van der Waals surface area contributed by atoms with E-state index < -0.39 is 30.7 Å². The Balaban J connectivity index is 1.00. The summed E-state index contributed by atoms with van der Waals surface area (Å²) in [5, 5.41) is 39.2. The molecule has 2 aromatic rings. The highest BCUT2D eigenvalue weighted by atomic mass is 35.5. The van der Waals surface area contributed by atoms with Crippen molar-refractivity contribution in [3.8, 4) is 5.75 Å². The van der Waals surface area contributed by atoms with Gasteiger partial charge in [-0.25, -0.2) is 14.4 Å². The predicted molar refractivity (Wildman–Crippen MR) is 157 cm³/mol. The van der Waals surface area contributed by atoms with E-state index in [0.29, 0.717) is 47.9 Å². The van der Waals surface area contributed by atoms with Crippen LogP contribution in [-0.2, 0) is 11.2 Å². The summed E-state index contributed by atoms with van der Waals surface area (Å²) in [6.45, 7) is 2.73. The van der Waals surface area contributed by atoms with E-state index in [-0.39, 0.29) is 31.0 Å². The van der Waals surface area contributed by atoms with Crippen molar-refractivity contribution in [1.29, 1.82) is 0 Å². The summed E-state index contributed by atoms with van der Waals surface area (Å²) in [7, 11) is 0. The molecule has 236 valence electrons. The van der Waals surface area contributed by atoms with Crippen molar-refractivity contribution in [1.82, 2.24) is 19.8 Å². The number of fused-ring (bicyclic) bond motifs is 1. The normalized spacial score (nSPS) is 23.0. The second kappa shape index (κ2) is 14.4. The Bertz CT molecular complexity index is 1220. The van der Waals surface area contributed by atoms with E-state index in [9.17, 15) is 24.5 Å². The number of ether oxygens (including phenoxy) is 1. The van der Waals surface area contributed by atoms with Crippen LogP contribution in [0.5, 0.6) is 5.75 Å². The van der Waals surface area contributed by atoms with Gasteiger partial charge in [0.05, 0.1) is 43.2 Å². The highest BCUT2D eigenvalue weighted by Gasteiger charge is 2.51. The van der Waals surface area contributed by atoms with Gasteiger partial charge in [-0.1, -0.05) is 17.7 Å². The lowest BCUT2D eigenvalue weighted by molar-refractivity contribution is -0.133. The van der Waals surface area contributed by atoms with Crippen molar-refractivity contribution in [3.63, 3.8) is 0 Å². The summed E-state index contributed by atoms with van der Waals surface area (Å²) in [5.74, 6) is 1.15. The van der Waals surface area contributed by atoms with Crippen molar-refractivity contribution in [2.24, 2.45) is 5.92 Å². The molecule has 1 aromatic carbocycles. The Kier molecular flexibility index (Phi) is 10.7. The third-order valence-electron chi connectivity index (χ3n) is 8.83. The summed E-state index contributed by atoms with van der Waals surface area (Å²) in [5.41, 5.74) is 0.324. The molecule has 2 unspecified atom stereocenters. The molecule has 3 heterocycles. The third kappa shape index (κ3) is 8.11. The molecular weight excluding hydrogens is 581 g/mol. The molecule has 3 aliphatic rings. The number of hydrogen-bond donors (Lipinski definition) is 4. The molecule has 5 rings (SSSR count). The maximum atomic E-state index is 14.9. The molecule has 5 atom stereocenters. The highest BCUT2D eigenvalue weighted by Crippen LogP contribution is 2.37. The van der Waals surface area contributed by atoms with Gasteiger partial charge in [0.25, 0.3) is 0 Å². The van der Waals surface area contributed by atoms with Crippen LogP contribution in [0.1, 0.15) is 37.7 Å². The molecule has 2 aliphatic heterocycles. The molecule has 0 bridgehead atoms. The van der Waals surface area contributed by atoms with Gasteiger partial charge in [-0.2, -0.15) is 0 Å². The van der Waals surface area contributed by atoms with Crippen molar-refractivity contribution >= 4 is 23.5 Å². The molecule has 4 N–H and O–H groups in total. The van der Waals surface area contributed by atoms with E-state index in [4.69, 9.17) is 21.4 Å². The van der Waals surface area contributed by atoms with Gasteiger partial charge >= 0.3 is 0 Å². The molecule has 3 fully saturated rings. The number of aromatic nitrogens is 2. The number of β-amino-alcohol motifs (C(OH)–C–C–N with tert-alkyl or cyclic N) is 1. The number of nitrogens with zero attached hydrogens (tertiary/aromatic N) is 5. The van der Waals surface area contributed by atoms with Gasteiger partial charge in [-0.15, -0.1) is 0 Å². The Labute approximate surface area is 255 Å². The lowest BCUT2D eigenvalue weighted by Gasteiger charge is -2.36. The van der Waals surface area contributed by atoms with Crippen LogP contribution in [0.15, 0.2) is 30.6 Å². The topological polar surface area (TPSA) is 143 Å². The van der Waals surface area contributed by atoms with Gasteiger partial charge < -0.3 is 35.0 Å². The van der Waals surface area contributed by atoms with E-state index in [1.54, 1.807) is 29.4 Å². The SMILES string of the molecule is O=C(Cc1ccc(OCCCC2CCN(c3ncc(Cl)cn3)CC2)cc1F)N1CCN(C[C@H](O)[C@H](O)[C@H](O)CO)C2CC21. The first-order valence-corrected chi connectivity index (χ1v) is 15.4. The Morgan fingerprint density at radius 2 is 1.81 bits per heavy atom. The fourth-order valence-corrected chi connectivity index (χ4v) is 6.29. The molecule has 11 nitrogen and oxygen atoms in total. The number of carbonyl (C=O) groups is 1. The molecule has 13 heteroatoms. The maximum absolute atomic E-state index is 14.9. The van der Waals surface area contributed by atoms with Crippen LogP contribution in [0.2, 0.25) is 5.02 Å². The third-order valence-corrected chi connectivity index (χ3v) is 9.03. The van der Waals surface area contributed by atoms with Crippen molar-refractivity contribution < 1.29 is 34.3 Å². The Morgan fingerprint density at radius 3 is 2.51 bits per heavy atom. The van der Waals surface area contributed by atoms with Crippen LogP contribution in [-0.4, -0.2) is 122 Å². The van der Waals surface area contributed by atoms with E-state index in [2.05, 4.69) is 14.9 Å². The number of benzene rings is 1. The van der Waals surface area contributed by atoms with Crippen LogP contribution < -0.4 is 9.64 Å². The van der Waals surface area contributed by atoms with Crippen LogP contribution in [0, 0.1) is 11.7 Å². The van der Waals surface area contributed by atoms with Gasteiger partial charge in [-0.05, 0) is 49.7 Å². The molecule has 43 heavy (non-hydrogen) atoms. The number of anilines is 1. The first-order chi connectivity index (χ1) is 20.7. The van der Waals surface area contributed by atoms with Crippen molar-refractivity contribution in [2.45, 2.75) is 68.9 Å². The quantitative estimate of drug-likeness (QED) is 0.241. The zero-order valence-corrected chi connectivity index (χ0v) is 24.9. The van der Waals surface area contributed by atoms with Crippen molar-refractivity contribution in [2.75, 3.05) is 50.8 Å². The number of rotatable bonds is 13. The van der Waals surface area contributed by atoms with E-state index in [1.165, 1.54) is 6.07 Å². The lowest BCUT2D eigenvalue weighted by Crippen LogP contribution is -2.53. The smallest absolute Gasteiger partial charge is 0.227 e. The molecule has 1 aromatic heterocycles. The standard InChI is InChI=1S/C30H41ClFN5O6/c31-21-15-33-30(34-16-21)35-7-5-19(6-8-35)2-1-11-43-22-4-3-20(23(32)13-22)12-28(41)37-10-9-36(24-14-25(24)37)17-26(39)29(42)27(40)18-38/h3-4,13,15-16,19,24-27,29,38-40,42H,1-2,5-12,14,17-18H2/t24?,25?,26-,27+,29-/m0/s1. The number of hydrogen-bond acceptors (Lipinski definition) is 10. The molecular formula is C30H41ClFN5O6. The first-order valence-electron chi connectivity index (χ1n) is 15.1. The van der Waals surface area contributed by atoms with E-state index >= 15 is 0 Å². The van der Waals surface area contributed by atoms with Gasteiger partial charge in [0.15, 0.2) is 0 Å².